The van der Waals surface area contributed by atoms with Crippen molar-refractivity contribution in [3.05, 3.63) is 40.3 Å². The average molecular weight is 506 g/mol. The van der Waals surface area contributed by atoms with Crippen molar-refractivity contribution >= 4 is 49.9 Å². The first-order valence-electron chi connectivity index (χ1n) is 11.1. The van der Waals surface area contributed by atoms with Crippen molar-refractivity contribution < 1.29 is 17.9 Å². The van der Waals surface area contributed by atoms with Gasteiger partial charge >= 0.3 is 0 Å². The highest BCUT2D eigenvalue weighted by Crippen LogP contribution is 2.38. The number of benzene rings is 1. The number of hydrogen-bond donors (Lipinski definition) is 3. The number of sulfone groups is 1. The number of rotatable bonds is 8. The van der Waals surface area contributed by atoms with E-state index >= 15 is 0 Å². The number of aromatic nitrogens is 3. The van der Waals surface area contributed by atoms with E-state index in [0.717, 1.165) is 34.3 Å². The molecule has 0 unspecified atom stereocenters. The van der Waals surface area contributed by atoms with Gasteiger partial charge in [0.05, 0.1) is 23.9 Å². The van der Waals surface area contributed by atoms with Gasteiger partial charge in [0.25, 0.3) is 0 Å². The third kappa shape index (κ3) is 5.28. The molecular weight excluding hydrogens is 478 g/mol. The highest BCUT2D eigenvalue weighted by Gasteiger charge is 2.29. The quantitative estimate of drug-likeness (QED) is 0.401. The molecule has 1 aromatic carbocycles. The molecular formula is C23H28ClN5O4S. The van der Waals surface area contributed by atoms with Crippen LogP contribution in [-0.4, -0.2) is 54.9 Å². The van der Waals surface area contributed by atoms with Crippen LogP contribution in [0.25, 0.3) is 11.0 Å². The molecule has 0 aliphatic heterocycles. The van der Waals surface area contributed by atoms with Gasteiger partial charge in [0.1, 0.15) is 33.4 Å². The van der Waals surface area contributed by atoms with E-state index < -0.39 is 9.84 Å². The lowest BCUT2D eigenvalue weighted by atomic mass is 9.86. The summed E-state index contributed by atoms with van der Waals surface area (Å²) >= 11 is 6.25. The van der Waals surface area contributed by atoms with Crippen molar-refractivity contribution in [3.8, 4) is 5.75 Å². The summed E-state index contributed by atoms with van der Waals surface area (Å²) < 4.78 is 28.1. The molecule has 182 valence electrons. The van der Waals surface area contributed by atoms with Crippen molar-refractivity contribution in [3.63, 3.8) is 0 Å². The van der Waals surface area contributed by atoms with Crippen molar-refractivity contribution in [1.82, 2.24) is 20.3 Å². The van der Waals surface area contributed by atoms with E-state index in [4.69, 9.17) is 16.3 Å². The number of carbonyl (C=O) groups is 1. The Morgan fingerprint density at radius 3 is 2.85 bits per heavy atom. The molecule has 3 N–H and O–H groups in total. The van der Waals surface area contributed by atoms with Gasteiger partial charge in [0.2, 0.25) is 5.91 Å². The lowest BCUT2D eigenvalue weighted by molar-refractivity contribution is -0.125. The zero-order chi connectivity index (χ0) is 24.5. The van der Waals surface area contributed by atoms with E-state index in [9.17, 15) is 13.2 Å². The predicted molar refractivity (Wildman–Crippen MR) is 133 cm³/mol. The smallest absolute Gasteiger partial charge is 0.223 e. The molecule has 0 saturated heterocycles. The fourth-order valence-corrected chi connectivity index (χ4v) is 5.13. The maximum absolute atomic E-state index is 12.8. The molecule has 0 radical (unpaired) electrons. The highest BCUT2D eigenvalue weighted by atomic mass is 35.5. The summed E-state index contributed by atoms with van der Waals surface area (Å²) in [6.45, 7) is 2.26. The number of nitrogens with zero attached hydrogens (tertiary/aromatic N) is 2. The van der Waals surface area contributed by atoms with Crippen LogP contribution in [0.2, 0.25) is 5.02 Å². The standard InChI is InChI=1S/C23H28ClN5O4S/c1-13-9-18(19(33-2)11-16(13)24)29-22-20-15-10-14(23(30)25-7-4-8-34(3,31)32)5-6-17(15)28-21(20)26-12-27-22/h9,11-12,14H,4-8,10H2,1-3H3,(H,25,30)(H2,26,27,28,29)/t14-/m0/s1. The van der Waals surface area contributed by atoms with E-state index in [1.165, 1.54) is 12.6 Å². The third-order valence-electron chi connectivity index (χ3n) is 6.07. The van der Waals surface area contributed by atoms with E-state index in [0.29, 0.717) is 48.0 Å². The lowest BCUT2D eigenvalue weighted by Gasteiger charge is -2.22. The molecule has 0 spiro atoms. The van der Waals surface area contributed by atoms with Gasteiger partial charge in [0, 0.05) is 35.5 Å². The third-order valence-corrected chi connectivity index (χ3v) is 7.51. The van der Waals surface area contributed by atoms with E-state index in [2.05, 4.69) is 25.6 Å². The van der Waals surface area contributed by atoms with Gasteiger partial charge in [-0.1, -0.05) is 11.6 Å². The van der Waals surface area contributed by atoms with Crippen LogP contribution in [-0.2, 0) is 27.5 Å². The van der Waals surface area contributed by atoms with Crippen molar-refractivity contribution in [2.75, 3.05) is 31.0 Å². The van der Waals surface area contributed by atoms with Crippen LogP contribution >= 0.6 is 11.6 Å². The summed E-state index contributed by atoms with van der Waals surface area (Å²) in [5.41, 5.74) is 4.42. The zero-order valence-electron chi connectivity index (χ0n) is 19.4. The molecule has 0 bridgehead atoms. The summed E-state index contributed by atoms with van der Waals surface area (Å²) in [4.78, 5) is 25.0. The first-order chi connectivity index (χ1) is 16.2. The Balaban J connectivity index is 1.57. The highest BCUT2D eigenvalue weighted by molar-refractivity contribution is 7.90. The van der Waals surface area contributed by atoms with Gasteiger partial charge in [0.15, 0.2) is 0 Å². The second-order valence-electron chi connectivity index (χ2n) is 8.67. The molecule has 1 amide bonds. The van der Waals surface area contributed by atoms with Crippen molar-refractivity contribution in [2.45, 2.75) is 32.6 Å². The topological polar surface area (TPSA) is 126 Å². The second-order valence-corrected chi connectivity index (χ2v) is 11.3. The van der Waals surface area contributed by atoms with Crippen molar-refractivity contribution in [1.29, 1.82) is 0 Å². The Bertz CT molecular complexity index is 1340. The maximum atomic E-state index is 12.8. The minimum atomic E-state index is -3.04. The number of methoxy groups -OCH3 is 1. The summed E-state index contributed by atoms with van der Waals surface area (Å²) in [7, 11) is -1.45. The maximum Gasteiger partial charge on any atom is 0.223 e. The molecule has 2 heterocycles. The number of H-pyrrole nitrogens is 1. The average Bonchev–Trinajstić information content (AvgIpc) is 3.17. The Labute approximate surface area is 203 Å². The number of ether oxygens (including phenoxy) is 1. The molecule has 4 rings (SSSR count). The summed E-state index contributed by atoms with van der Waals surface area (Å²) in [6, 6.07) is 3.66. The summed E-state index contributed by atoms with van der Waals surface area (Å²) in [5.74, 6) is 1.01. The minimum Gasteiger partial charge on any atom is -0.495 e. The van der Waals surface area contributed by atoms with Crippen LogP contribution in [0.1, 0.15) is 29.7 Å². The second kappa shape index (κ2) is 9.79. The van der Waals surface area contributed by atoms with Gasteiger partial charge in [-0.2, -0.15) is 0 Å². The zero-order valence-corrected chi connectivity index (χ0v) is 20.9. The van der Waals surface area contributed by atoms with Crippen LogP contribution in [0.3, 0.4) is 0 Å². The summed E-state index contributed by atoms with van der Waals surface area (Å²) in [5, 5.41) is 7.71. The number of amides is 1. The number of anilines is 2. The SMILES string of the molecule is COc1cc(Cl)c(C)cc1Nc1ncnc2[nH]c3c(c12)C[C@@H](C(=O)NCCCS(C)(=O)=O)CC3. The predicted octanol–water partition coefficient (Wildman–Crippen LogP) is 3.33. The molecule has 9 nitrogen and oxygen atoms in total. The van der Waals surface area contributed by atoms with Crippen LogP contribution in [0, 0.1) is 12.8 Å². The molecule has 0 saturated carbocycles. The number of nitrogens with one attached hydrogen (secondary N) is 3. The van der Waals surface area contributed by atoms with Crippen LogP contribution in [0.5, 0.6) is 5.75 Å². The molecule has 11 heteroatoms. The molecule has 1 aliphatic rings. The molecule has 34 heavy (non-hydrogen) atoms. The normalized spacial score (nSPS) is 15.7. The Hall–Kier alpha value is -2.85. The minimum absolute atomic E-state index is 0.0601. The van der Waals surface area contributed by atoms with E-state index in [1.54, 1.807) is 13.2 Å². The first-order valence-corrected chi connectivity index (χ1v) is 13.5. The fourth-order valence-electron chi connectivity index (χ4n) is 4.31. The molecule has 0 fully saturated rings. The lowest BCUT2D eigenvalue weighted by Crippen LogP contribution is -2.35. The van der Waals surface area contributed by atoms with E-state index in [-0.39, 0.29) is 17.6 Å². The number of carbonyl (C=O) groups excluding carboxylic acids is 1. The summed E-state index contributed by atoms with van der Waals surface area (Å²) in [6.07, 6.45) is 5.07. The number of hydrogen-bond acceptors (Lipinski definition) is 7. The van der Waals surface area contributed by atoms with Crippen LogP contribution in [0.15, 0.2) is 18.5 Å². The molecule has 2 aromatic heterocycles. The van der Waals surface area contributed by atoms with Gasteiger partial charge < -0.3 is 20.4 Å². The van der Waals surface area contributed by atoms with Gasteiger partial charge in [-0.15, -0.1) is 0 Å². The van der Waals surface area contributed by atoms with Gasteiger partial charge in [-0.25, -0.2) is 18.4 Å². The molecule has 1 atom stereocenters. The van der Waals surface area contributed by atoms with Crippen molar-refractivity contribution in [2.24, 2.45) is 5.92 Å². The largest absolute Gasteiger partial charge is 0.495 e. The van der Waals surface area contributed by atoms with Gasteiger partial charge in [-0.3, -0.25) is 4.79 Å². The van der Waals surface area contributed by atoms with Gasteiger partial charge in [-0.05, 0) is 49.8 Å². The Kier molecular flexibility index (Phi) is 6.99. The Morgan fingerprint density at radius 1 is 1.32 bits per heavy atom. The number of halogens is 1. The van der Waals surface area contributed by atoms with Crippen LogP contribution in [0.4, 0.5) is 11.5 Å². The number of aromatic amines is 1. The fraction of sp³-hybridized carbons (Fsp3) is 0.435. The number of aryl methyl sites for hydroxylation is 2. The van der Waals surface area contributed by atoms with Crippen LogP contribution < -0.4 is 15.4 Å². The molecule has 1 aliphatic carbocycles. The number of fused-ring (bicyclic) bond motifs is 3. The van der Waals surface area contributed by atoms with E-state index in [1.807, 2.05) is 13.0 Å². The Morgan fingerprint density at radius 2 is 2.12 bits per heavy atom. The monoisotopic (exact) mass is 505 g/mol. The molecule has 3 aromatic rings. The first kappa shape index (κ1) is 24.3.